The standard InChI is InChI=1S/C25H27F6N3O4/c1-16(15-32-19-6-8-20(9-7-19)38-25(29,30)31)33-23(36)21(14-22(35)34-10-12-37-13-11-34)17-2-4-18(5-3-17)24(26,27)28/h2-9,16,21,32H,10-15H2,1H3,(H,33,36)/t16-,21+/m0/s1. The summed E-state index contributed by atoms with van der Waals surface area (Å²) in [5.41, 5.74) is -0.135. The van der Waals surface area contributed by atoms with E-state index in [-0.39, 0.29) is 30.2 Å². The van der Waals surface area contributed by atoms with E-state index in [1.54, 1.807) is 11.8 Å². The Morgan fingerprint density at radius 1 is 0.974 bits per heavy atom. The molecule has 13 heteroatoms. The largest absolute Gasteiger partial charge is 0.573 e. The maximum atomic E-state index is 13.2. The van der Waals surface area contributed by atoms with Crippen LogP contribution in [0.4, 0.5) is 32.0 Å². The quantitative estimate of drug-likeness (QED) is 0.451. The van der Waals surface area contributed by atoms with Crippen LogP contribution in [0.3, 0.4) is 0 Å². The lowest BCUT2D eigenvalue weighted by Gasteiger charge is -2.29. The van der Waals surface area contributed by atoms with Crippen molar-refractivity contribution in [3.63, 3.8) is 0 Å². The van der Waals surface area contributed by atoms with Gasteiger partial charge in [0.15, 0.2) is 0 Å². The lowest BCUT2D eigenvalue weighted by molar-refractivity contribution is -0.274. The molecule has 2 aromatic rings. The van der Waals surface area contributed by atoms with Crippen molar-refractivity contribution in [3.05, 3.63) is 59.7 Å². The maximum Gasteiger partial charge on any atom is 0.573 e. The molecule has 38 heavy (non-hydrogen) atoms. The van der Waals surface area contributed by atoms with E-state index in [4.69, 9.17) is 4.74 Å². The van der Waals surface area contributed by atoms with Crippen LogP contribution in [-0.2, 0) is 20.5 Å². The lowest BCUT2D eigenvalue weighted by atomic mass is 9.92. The van der Waals surface area contributed by atoms with Gasteiger partial charge in [-0.2, -0.15) is 13.2 Å². The van der Waals surface area contributed by atoms with E-state index in [2.05, 4.69) is 15.4 Å². The maximum absolute atomic E-state index is 13.2. The average Bonchev–Trinajstić information content (AvgIpc) is 2.86. The van der Waals surface area contributed by atoms with E-state index >= 15 is 0 Å². The number of hydrogen-bond acceptors (Lipinski definition) is 5. The summed E-state index contributed by atoms with van der Waals surface area (Å²) < 4.78 is 85.0. The summed E-state index contributed by atoms with van der Waals surface area (Å²) in [6.45, 7) is 3.27. The van der Waals surface area contributed by atoms with Crippen LogP contribution in [0.5, 0.6) is 5.75 Å². The van der Waals surface area contributed by atoms with Gasteiger partial charge >= 0.3 is 12.5 Å². The average molecular weight is 547 g/mol. The molecule has 0 radical (unpaired) electrons. The van der Waals surface area contributed by atoms with E-state index in [9.17, 15) is 35.9 Å². The van der Waals surface area contributed by atoms with Crippen LogP contribution in [0.25, 0.3) is 0 Å². The molecule has 1 aliphatic rings. The van der Waals surface area contributed by atoms with Crippen LogP contribution >= 0.6 is 0 Å². The van der Waals surface area contributed by atoms with Crippen molar-refractivity contribution in [1.29, 1.82) is 0 Å². The molecule has 1 fully saturated rings. The van der Waals surface area contributed by atoms with Gasteiger partial charge in [-0.05, 0) is 48.9 Å². The Bertz CT molecular complexity index is 1070. The Balaban J connectivity index is 1.65. The van der Waals surface area contributed by atoms with Crippen LogP contribution in [0.1, 0.15) is 30.4 Å². The third-order valence-corrected chi connectivity index (χ3v) is 5.79. The summed E-state index contributed by atoms with van der Waals surface area (Å²) in [4.78, 5) is 27.6. The van der Waals surface area contributed by atoms with Crippen molar-refractivity contribution in [3.8, 4) is 5.75 Å². The topological polar surface area (TPSA) is 79.9 Å². The van der Waals surface area contributed by atoms with Crippen molar-refractivity contribution in [2.75, 3.05) is 38.2 Å². The van der Waals surface area contributed by atoms with Gasteiger partial charge in [-0.15, -0.1) is 13.2 Å². The summed E-state index contributed by atoms with van der Waals surface area (Å²) in [5, 5.41) is 5.72. The molecule has 7 nitrogen and oxygen atoms in total. The zero-order chi connectivity index (χ0) is 27.9. The molecular formula is C25H27F6N3O4. The molecule has 0 saturated carbocycles. The molecule has 1 saturated heterocycles. The first-order valence-corrected chi connectivity index (χ1v) is 11.7. The summed E-state index contributed by atoms with van der Waals surface area (Å²) in [6.07, 6.45) is -9.59. The van der Waals surface area contributed by atoms with E-state index in [1.807, 2.05) is 0 Å². The van der Waals surface area contributed by atoms with Crippen molar-refractivity contribution in [2.45, 2.75) is 37.8 Å². The molecule has 0 aromatic heterocycles. The highest BCUT2D eigenvalue weighted by atomic mass is 19.4. The monoisotopic (exact) mass is 547 g/mol. The molecule has 1 heterocycles. The SMILES string of the molecule is C[C@@H](CNc1ccc(OC(F)(F)F)cc1)NC(=O)[C@H](CC(=O)N1CCOCC1)c1ccc(C(F)(F)F)cc1. The fourth-order valence-corrected chi connectivity index (χ4v) is 3.82. The highest BCUT2D eigenvalue weighted by Gasteiger charge is 2.33. The van der Waals surface area contributed by atoms with Gasteiger partial charge in [0.25, 0.3) is 0 Å². The Hall–Kier alpha value is -3.48. The van der Waals surface area contributed by atoms with Gasteiger partial charge in [0, 0.05) is 37.8 Å². The molecule has 0 unspecified atom stereocenters. The van der Waals surface area contributed by atoms with E-state index in [1.165, 1.54) is 24.3 Å². The summed E-state index contributed by atoms with van der Waals surface area (Å²) in [7, 11) is 0. The van der Waals surface area contributed by atoms with Gasteiger partial charge in [-0.1, -0.05) is 12.1 Å². The number of nitrogens with one attached hydrogen (secondary N) is 2. The van der Waals surface area contributed by atoms with Gasteiger partial charge in [0.2, 0.25) is 11.8 Å². The second kappa shape index (κ2) is 12.4. The number of amides is 2. The molecule has 2 amide bonds. The molecule has 0 aliphatic carbocycles. The number of rotatable bonds is 9. The number of halogens is 6. The molecule has 0 bridgehead atoms. The summed E-state index contributed by atoms with van der Waals surface area (Å²) in [6, 6.07) is 8.64. The van der Waals surface area contributed by atoms with Crippen molar-refractivity contribution < 1.29 is 45.4 Å². The van der Waals surface area contributed by atoms with Gasteiger partial charge in [-0.3, -0.25) is 9.59 Å². The third kappa shape index (κ3) is 8.82. The van der Waals surface area contributed by atoms with Gasteiger partial charge < -0.3 is 25.0 Å². The number of anilines is 1. The number of ether oxygens (including phenoxy) is 2. The zero-order valence-electron chi connectivity index (χ0n) is 20.4. The van der Waals surface area contributed by atoms with Crippen molar-refractivity contribution in [1.82, 2.24) is 10.2 Å². The number of morpholine rings is 1. The smallest absolute Gasteiger partial charge is 0.406 e. The molecule has 208 valence electrons. The van der Waals surface area contributed by atoms with Crippen LogP contribution in [0.2, 0.25) is 0 Å². The van der Waals surface area contributed by atoms with Crippen LogP contribution in [0.15, 0.2) is 48.5 Å². The van der Waals surface area contributed by atoms with Crippen molar-refractivity contribution >= 4 is 17.5 Å². The number of carbonyl (C=O) groups is 2. The van der Waals surface area contributed by atoms with Crippen molar-refractivity contribution in [2.24, 2.45) is 0 Å². The van der Waals surface area contributed by atoms with Crippen LogP contribution in [-0.4, -0.2) is 62.0 Å². The second-order valence-corrected chi connectivity index (χ2v) is 8.73. The highest BCUT2D eigenvalue weighted by Crippen LogP contribution is 2.31. The molecule has 2 aromatic carbocycles. The fraction of sp³-hybridized carbons (Fsp3) is 0.440. The second-order valence-electron chi connectivity index (χ2n) is 8.73. The first-order valence-electron chi connectivity index (χ1n) is 11.7. The number of hydrogen-bond donors (Lipinski definition) is 2. The molecule has 2 atom stereocenters. The summed E-state index contributed by atoms with van der Waals surface area (Å²) in [5.74, 6) is -2.28. The Morgan fingerprint density at radius 3 is 2.13 bits per heavy atom. The Morgan fingerprint density at radius 2 is 1.58 bits per heavy atom. The first-order chi connectivity index (χ1) is 17.8. The van der Waals surface area contributed by atoms with E-state index in [0.717, 1.165) is 24.3 Å². The molecule has 3 rings (SSSR count). The minimum absolute atomic E-state index is 0.183. The third-order valence-electron chi connectivity index (χ3n) is 5.79. The van der Waals surface area contributed by atoms with Crippen LogP contribution < -0.4 is 15.4 Å². The Kier molecular flexibility index (Phi) is 9.47. The van der Waals surface area contributed by atoms with Gasteiger partial charge in [0.1, 0.15) is 5.75 Å². The first kappa shape index (κ1) is 29.1. The lowest BCUT2D eigenvalue weighted by Crippen LogP contribution is -2.44. The minimum atomic E-state index is -4.81. The Labute approximate surface area is 215 Å². The fourth-order valence-electron chi connectivity index (χ4n) is 3.82. The van der Waals surface area contributed by atoms with E-state index in [0.29, 0.717) is 32.0 Å². The highest BCUT2D eigenvalue weighted by molar-refractivity contribution is 5.90. The number of benzene rings is 2. The zero-order valence-corrected chi connectivity index (χ0v) is 20.4. The van der Waals surface area contributed by atoms with Gasteiger partial charge in [0.05, 0.1) is 24.7 Å². The molecule has 2 N–H and O–H groups in total. The minimum Gasteiger partial charge on any atom is -0.406 e. The number of carbonyl (C=O) groups excluding carboxylic acids is 2. The van der Waals surface area contributed by atoms with Crippen LogP contribution in [0, 0.1) is 0 Å². The molecule has 0 spiro atoms. The number of nitrogens with zero attached hydrogens (tertiary/aromatic N) is 1. The predicted molar refractivity (Wildman–Crippen MR) is 125 cm³/mol. The summed E-state index contributed by atoms with van der Waals surface area (Å²) >= 11 is 0. The van der Waals surface area contributed by atoms with E-state index < -0.39 is 36.0 Å². The molecular weight excluding hydrogens is 520 g/mol. The molecule has 1 aliphatic heterocycles. The number of alkyl halides is 6. The predicted octanol–water partition coefficient (Wildman–Crippen LogP) is 4.55. The van der Waals surface area contributed by atoms with Gasteiger partial charge in [-0.25, -0.2) is 0 Å². The normalized spacial score (nSPS) is 15.9.